The quantitative estimate of drug-likeness (QED) is 0.0368. The highest BCUT2D eigenvalue weighted by Crippen LogP contribution is 2.34. The number of nitrogen functional groups attached to an aromatic ring is 1. The predicted octanol–water partition coefficient (Wildman–Crippen LogP) is 5.57. The largest absolute Gasteiger partial charge is 0.497 e. The van der Waals surface area contributed by atoms with Gasteiger partial charge in [0.05, 0.1) is 49.6 Å². The van der Waals surface area contributed by atoms with E-state index in [4.69, 9.17) is 56.8 Å². The van der Waals surface area contributed by atoms with E-state index in [1.54, 1.807) is 75.6 Å². The molecule has 0 aliphatic rings. The summed E-state index contributed by atoms with van der Waals surface area (Å²) in [5.74, 6) is 3.42. The first kappa shape index (κ1) is 48.5. The Kier molecular flexibility index (Phi) is 19.4. The molecule has 4 aromatic carbocycles. The smallest absolute Gasteiger partial charge is 0.328 e. The minimum absolute atomic E-state index is 0.265. The maximum Gasteiger partial charge on any atom is 0.328 e. The molecule has 0 radical (unpaired) electrons. The molecular formula is C40H44Cl2N8O9. The third kappa shape index (κ3) is 14.1. The van der Waals surface area contributed by atoms with Crippen molar-refractivity contribution in [3.8, 4) is 11.5 Å². The number of ether oxygens (including phenoxy) is 2. The van der Waals surface area contributed by atoms with Gasteiger partial charge >= 0.3 is 5.97 Å². The zero-order chi connectivity index (χ0) is 44.4. The lowest BCUT2D eigenvalue weighted by atomic mass is 10.1. The highest BCUT2D eigenvalue weighted by atomic mass is 35.5. The standard InChI is InChI=1S/C20H21ClN4O4.C12H13ClN2O3.C8H10N2O2/c1-11-15(8-9-16(22-3)17(11)21)23-18(12(2)26)20(28)25-24-19(27)13-6-5-7-14(10-13)29-4;1-6-8(4-5-9(14-3)10(6)13)15-11(7(2)16)12(17)18;1-12-7-4-2-3-6(5-7)8(11)10-9/h5-10,12,18,23,26H,1-2,4H3,(H,24,27)(H,25,28);4-5,7,11,15-16H,1-2H3,(H,17,18);2-5H,9H2,1H3,(H,10,11)/t12-,18+;7-,11+;/m00./s1. The number of halogens is 2. The fourth-order valence-electron chi connectivity index (χ4n) is 4.84. The van der Waals surface area contributed by atoms with Gasteiger partial charge in [0.25, 0.3) is 17.7 Å². The topological polar surface area (TPSA) is 242 Å². The number of hydrogen-bond acceptors (Lipinski definition) is 11. The molecule has 0 saturated heterocycles. The Morgan fingerprint density at radius 1 is 0.695 bits per heavy atom. The van der Waals surface area contributed by atoms with Gasteiger partial charge in [-0.2, -0.15) is 0 Å². The Morgan fingerprint density at radius 2 is 1.12 bits per heavy atom. The summed E-state index contributed by atoms with van der Waals surface area (Å²) in [4.78, 5) is 53.3. The lowest BCUT2D eigenvalue weighted by molar-refractivity contribution is -0.140. The number of nitrogens with two attached hydrogens (primary N) is 1. The first-order valence-electron chi connectivity index (χ1n) is 17.3. The van der Waals surface area contributed by atoms with Crippen molar-refractivity contribution in [1.29, 1.82) is 0 Å². The molecule has 0 aromatic heterocycles. The summed E-state index contributed by atoms with van der Waals surface area (Å²) >= 11 is 12.1. The van der Waals surface area contributed by atoms with Crippen LogP contribution in [0.25, 0.3) is 9.69 Å². The van der Waals surface area contributed by atoms with Crippen LogP contribution < -0.4 is 42.2 Å². The van der Waals surface area contributed by atoms with Crippen LogP contribution in [0.1, 0.15) is 45.7 Å². The van der Waals surface area contributed by atoms with Crippen molar-refractivity contribution < 1.29 is 44.0 Å². The first-order chi connectivity index (χ1) is 27.9. The van der Waals surface area contributed by atoms with Crippen LogP contribution in [-0.4, -0.2) is 77.5 Å². The molecule has 19 heteroatoms. The summed E-state index contributed by atoms with van der Waals surface area (Å²) in [6, 6.07) is 17.2. The second kappa shape index (κ2) is 23.6. The molecule has 312 valence electrons. The molecule has 0 saturated carbocycles. The lowest BCUT2D eigenvalue weighted by Gasteiger charge is -2.23. The number of hydrogen-bond donors (Lipinski definition) is 9. The van der Waals surface area contributed by atoms with Gasteiger partial charge in [-0.05, 0) is 87.4 Å². The molecule has 0 heterocycles. The predicted molar refractivity (Wildman–Crippen MR) is 224 cm³/mol. The summed E-state index contributed by atoms with van der Waals surface area (Å²) in [6.07, 6.45) is -2.14. The Balaban J connectivity index is 0.000000339. The SMILES string of the molecule is COc1cccc(C(=O)NN)c1.[C-]#[N+]c1ccc(N[C@@H](C(=O)NNC(=O)c2cccc(OC)c2)[C@H](C)O)c(C)c1Cl.[C-]#[N+]c1ccc(N[C@@H](C(=O)O)[C@H](C)O)c(C)c1Cl. The van der Waals surface area contributed by atoms with Gasteiger partial charge in [0.15, 0.2) is 6.04 Å². The third-order valence-corrected chi connectivity index (χ3v) is 9.16. The molecule has 0 aliphatic heterocycles. The van der Waals surface area contributed by atoms with E-state index in [9.17, 15) is 29.4 Å². The van der Waals surface area contributed by atoms with E-state index in [1.165, 1.54) is 39.2 Å². The number of aliphatic hydroxyl groups is 2. The molecule has 0 bridgehead atoms. The van der Waals surface area contributed by atoms with Crippen LogP contribution >= 0.6 is 23.2 Å². The van der Waals surface area contributed by atoms with E-state index in [0.717, 1.165) is 0 Å². The van der Waals surface area contributed by atoms with Crippen molar-refractivity contribution in [3.63, 3.8) is 0 Å². The normalized spacial score (nSPS) is 12.0. The highest BCUT2D eigenvalue weighted by molar-refractivity contribution is 6.35. The number of amides is 3. The summed E-state index contributed by atoms with van der Waals surface area (Å²) in [6.45, 7) is 20.2. The number of aliphatic hydroxyl groups excluding tert-OH is 2. The van der Waals surface area contributed by atoms with Crippen LogP contribution in [0.4, 0.5) is 22.7 Å². The number of rotatable bonds is 12. The average Bonchev–Trinajstić information content (AvgIpc) is 3.23. The second-order valence-corrected chi connectivity index (χ2v) is 13.1. The molecular weight excluding hydrogens is 807 g/mol. The fourth-order valence-corrected chi connectivity index (χ4v) is 5.25. The summed E-state index contributed by atoms with van der Waals surface area (Å²) in [7, 11) is 3.02. The minimum atomic E-state index is -1.16. The summed E-state index contributed by atoms with van der Waals surface area (Å²) in [5.41, 5.74) is 10.1. The first-order valence-corrected chi connectivity index (χ1v) is 18.0. The van der Waals surface area contributed by atoms with E-state index >= 15 is 0 Å². The number of methoxy groups -OCH3 is 2. The molecule has 4 aromatic rings. The molecule has 0 fully saturated rings. The number of hydrazine groups is 2. The van der Waals surface area contributed by atoms with E-state index < -0.39 is 42.1 Å². The van der Waals surface area contributed by atoms with Gasteiger partial charge < -0.3 is 35.4 Å². The number of carbonyl (C=O) groups is 4. The zero-order valence-electron chi connectivity index (χ0n) is 32.8. The Bertz CT molecular complexity index is 2210. The van der Waals surface area contributed by atoms with Crippen LogP contribution in [-0.2, 0) is 9.59 Å². The molecule has 10 N–H and O–H groups in total. The summed E-state index contributed by atoms with van der Waals surface area (Å²) < 4.78 is 9.99. The maximum absolute atomic E-state index is 12.5. The van der Waals surface area contributed by atoms with Crippen molar-refractivity contribution in [3.05, 3.63) is 128 Å². The van der Waals surface area contributed by atoms with Crippen LogP contribution in [0.2, 0.25) is 10.0 Å². The van der Waals surface area contributed by atoms with Gasteiger partial charge in [0, 0.05) is 22.5 Å². The van der Waals surface area contributed by atoms with Crippen molar-refractivity contribution >= 4 is 69.6 Å². The van der Waals surface area contributed by atoms with E-state index in [1.807, 2.05) is 5.43 Å². The molecule has 4 atom stereocenters. The number of carboxylic acid groups (broad SMARTS) is 1. The van der Waals surface area contributed by atoms with Gasteiger partial charge in [-0.1, -0.05) is 47.5 Å². The number of aliphatic carboxylic acids is 1. The van der Waals surface area contributed by atoms with Crippen molar-refractivity contribution in [2.24, 2.45) is 5.84 Å². The number of nitrogens with zero attached hydrogens (tertiary/aromatic N) is 2. The van der Waals surface area contributed by atoms with Crippen LogP contribution in [0.5, 0.6) is 11.5 Å². The van der Waals surface area contributed by atoms with Crippen molar-refractivity contribution in [1.82, 2.24) is 16.3 Å². The molecule has 17 nitrogen and oxygen atoms in total. The van der Waals surface area contributed by atoms with E-state index in [2.05, 4.69) is 31.2 Å². The second-order valence-electron chi connectivity index (χ2n) is 12.3. The monoisotopic (exact) mass is 850 g/mol. The average molecular weight is 852 g/mol. The molecule has 3 amide bonds. The molecule has 0 spiro atoms. The minimum Gasteiger partial charge on any atom is -0.497 e. The van der Waals surface area contributed by atoms with Gasteiger partial charge in [0.1, 0.15) is 17.5 Å². The number of anilines is 2. The lowest BCUT2D eigenvalue weighted by Crippen LogP contribution is -2.52. The molecule has 0 aliphatic carbocycles. The van der Waals surface area contributed by atoms with Crippen molar-refractivity contribution in [2.75, 3.05) is 24.9 Å². The van der Waals surface area contributed by atoms with E-state index in [0.29, 0.717) is 56.5 Å². The van der Waals surface area contributed by atoms with Gasteiger partial charge in [-0.15, -0.1) is 0 Å². The van der Waals surface area contributed by atoms with Gasteiger partial charge in [-0.25, -0.2) is 20.3 Å². The maximum atomic E-state index is 12.5. The number of nitrogens with one attached hydrogen (secondary N) is 5. The number of carboxylic acids is 1. The molecule has 0 unspecified atom stereocenters. The third-order valence-electron chi connectivity index (χ3n) is 8.20. The van der Waals surface area contributed by atoms with Crippen LogP contribution in [0.3, 0.4) is 0 Å². The van der Waals surface area contributed by atoms with Crippen LogP contribution in [0.15, 0.2) is 72.8 Å². The van der Waals surface area contributed by atoms with Crippen LogP contribution in [0, 0.1) is 27.0 Å². The van der Waals surface area contributed by atoms with E-state index in [-0.39, 0.29) is 16.0 Å². The fraction of sp³-hybridized carbons (Fsp3) is 0.250. The zero-order valence-corrected chi connectivity index (χ0v) is 34.3. The summed E-state index contributed by atoms with van der Waals surface area (Å²) in [5, 5.41) is 34.5. The highest BCUT2D eigenvalue weighted by Gasteiger charge is 2.26. The Hall–Kier alpha value is -6.60. The number of carbonyl (C=O) groups excluding carboxylic acids is 3. The molecule has 4 rings (SSSR count). The van der Waals surface area contributed by atoms with Crippen molar-refractivity contribution in [2.45, 2.75) is 52.0 Å². The Morgan fingerprint density at radius 3 is 1.49 bits per heavy atom. The Labute approximate surface area is 351 Å². The number of benzene rings is 4. The van der Waals surface area contributed by atoms with Gasteiger partial charge in [0.2, 0.25) is 11.4 Å². The van der Waals surface area contributed by atoms with Gasteiger partial charge in [-0.3, -0.25) is 30.7 Å². The molecule has 59 heavy (non-hydrogen) atoms.